The Kier molecular flexibility index (Phi) is 8.37. The van der Waals surface area contributed by atoms with E-state index in [1.807, 2.05) is 0 Å². The van der Waals surface area contributed by atoms with Crippen LogP contribution in [0.3, 0.4) is 0 Å². The molecule has 0 aliphatic heterocycles. The van der Waals surface area contributed by atoms with E-state index in [4.69, 9.17) is 0 Å². The maximum absolute atomic E-state index is 2.39. The fourth-order valence-electron chi connectivity index (χ4n) is 4.41. The van der Waals surface area contributed by atoms with Gasteiger partial charge in [-0.2, -0.15) is 13.7 Å². The topological polar surface area (TPSA) is 11.6 Å². The van der Waals surface area contributed by atoms with Crippen LogP contribution in [0.4, 0.5) is 0 Å². The molecule has 0 saturated heterocycles. The van der Waals surface area contributed by atoms with E-state index in [-0.39, 0.29) is 0 Å². The van der Waals surface area contributed by atoms with Crippen molar-refractivity contribution in [2.45, 2.75) is 40.4 Å². The molecule has 6 heteroatoms. The average molecular weight is 774 g/mol. The highest BCUT2D eigenvalue weighted by atomic mass is 127. The van der Waals surface area contributed by atoms with Gasteiger partial charge in [-0.05, 0) is 123 Å². The number of pyridine rings is 3. The van der Waals surface area contributed by atoms with Gasteiger partial charge >= 0.3 is 0 Å². The monoisotopic (exact) mass is 774 g/mol. The van der Waals surface area contributed by atoms with Crippen molar-refractivity contribution in [2.24, 2.45) is 0 Å². The van der Waals surface area contributed by atoms with Crippen LogP contribution in [0.1, 0.15) is 33.4 Å². The smallest absolute Gasteiger partial charge is 0.182 e. The van der Waals surface area contributed by atoms with E-state index < -0.39 is 0 Å². The minimum atomic E-state index is 0.878. The van der Waals surface area contributed by atoms with E-state index in [0.717, 1.165) is 19.6 Å². The number of nitrogens with zero attached hydrogens (tertiary/aromatic N) is 3. The highest BCUT2D eigenvalue weighted by Gasteiger charge is 2.23. The van der Waals surface area contributed by atoms with Crippen molar-refractivity contribution in [1.82, 2.24) is 0 Å². The molecule has 33 heavy (non-hydrogen) atoms. The van der Waals surface area contributed by atoms with E-state index in [9.17, 15) is 0 Å². The molecule has 0 aliphatic carbocycles. The largest absolute Gasteiger partial charge is 0.200 e. The second-order valence-corrected chi connectivity index (χ2v) is 12.1. The van der Waals surface area contributed by atoms with Gasteiger partial charge in [0.05, 0.1) is 10.7 Å². The Hall–Kier alpha value is -1.14. The predicted octanol–water partition coefficient (Wildman–Crippen LogP) is 5.43. The van der Waals surface area contributed by atoms with Crippen LogP contribution in [0, 0.1) is 31.5 Å². The second-order valence-electron chi connectivity index (χ2n) is 8.39. The quantitative estimate of drug-likeness (QED) is 0.183. The average Bonchev–Trinajstić information content (AvgIpc) is 2.77. The van der Waals surface area contributed by atoms with Crippen LogP contribution in [0.5, 0.6) is 0 Å². The predicted molar refractivity (Wildman–Crippen MR) is 156 cm³/mol. The first-order chi connectivity index (χ1) is 15.8. The van der Waals surface area contributed by atoms with Crippen molar-refractivity contribution < 1.29 is 13.7 Å². The van der Waals surface area contributed by atoms with Crippen LogP contribution in [0.2, 0.25) is 0 Å². The van der Waals surface area contributed by atoms with Crippen LogP contribution in [-0.2, 0) is 19.6 Å². The van der Waals surface area contributed by atoms with Gasteiger partial charge in [-0.3, -0.25) is 0 Å². The van der Waals surface area contributed by atoms with Gasteiger partial charge in [0, 0.05) is 34.9 Å². The molecule has 1 aromatic carbocycles. The Labute approximate surface area is 237 Å². The van der Waals surface area contributed by atoms with Gasteiger partial charge < -0.3 is 0 Å². The van der Waals surface area contributed by atoms with E-state index in [0.29, 0.717) is 0 Å². The zero-order valence-electron chi connectivity index (χ0n) is 19.0. The van der Waals surface area contributed by atoms with E-state index in [2.05, 4.69) is 176 Å². The standard InChI is InChI=1S/C27H27I3N3/c1-19-25(16-31-10-4-7-22(28)13-31)20(2)27(18-33-12-6-9-24(30)15-33)21(3)26(19)17-32-11-5-8-23(29)14-32/h4-15H,16-18H2,1-3H3/q+3. The first-order valence-corrected chi connectivity index (χ1v) is 14.1. The summed E-state index contributed by atoms with van der Waals surface area (Å²) in [5, 5.41) is 0. The maximum atomic E-state index is 2.39. The Morgan fingerprint density at radius 1 is 0.515 bits per heavy atom. The number of benzene rings is 1. The Balaban J connectivity index is 1.85. The summed E-state index contributed by atoms with van der Waals surface area (Å²) >= 11 is 7.17. The molecule has 3 nitrogen and oxygen atoms in total. The molecule has 4 rings (SSSR count). The highest BCUT2D eigenvalue weighted by molar-refractivity contribution is 14.1. The molecule has 0 radical (unpaired) electrons. The first kappa shape index (κ1) is 25.0. The van der Waals surface area contributed by atoms with E-state index in [1.165, 1.54) is 44.1 Å². The zero-order chi connectivity index (χ0) is 23.5. The van der Waals surface area contributed by atoms with Crippen LogP contribution in [-0.4, -0.2) is 0 Å². The lowest BCUT2D eigenvalue weighted by Crippen LogP contribution is -2.38. The zero-order valence-corrected chi connectivity index (χ0v) is 25.5. The third-order valence-electron chi connectivity index (χ3n) is 6.20. The summed E-state index contributed by atoms with van der Waals surface area (Å²) in [5.41, 5.74) is 8.48. The molecule has 0 atom stereocenters. The molecular weight excluding hydrogens is 747 g/mol. The lowest BCUT2D eigenvalue weighted by Gasteiger charge is -2.19. The van der Waals surface area contributed by atoms with Gasteiger partial charge in [0.1, 0.15) is 0 Å². The molecule has 0 spiro atoms. The van der Waals surface area contributed by atoms with Crippen molar-refractivity contribution in [3.63, 3.8) is 0 Å². The number of hydrogen-bond acceptors (Lipinski definition) is 0. The molecular formula is C27H27I3N3+3. The van der Waals surface area contributed by atoms with Crippen LogP contribution in [0.15, 0.2) is 73.6 Å². The minimum absolute atomic E-state index is 0.878. The molecule has 0 bridgehead atoms. The fourth-order valence-corrected chi connectivity index (χ4v) is 6.11. The molecule has 168 valence electrons. The van der Waals surface area contributed by atoms with E-state index in [1.54, 1.807) is 0 Å². The van der Waals surface area contributed by atoms with Crippen molar-refractivity contribution in [2.75, 3.05) is 0 Å². The summed E-state index contributed by atoms with van der Waals surface area (Å²) in [5.74, 6) is 0. The van der Waals surface area contributed by atoms with Crippen molar-refractivity contribution in [1.29, 1.82) is 0 Å². The van der Waals surface area contributed by atoms with Gasteiger partial charge in [-0.1, -0.05) is 0 Å². The maximum Gasteiger partial charge on any atom is 0.182 e. The van der Waals surface area contributed by atoms with Crippen molar-refractivity contribution in [3.05, 3.63) is 118 Å². The van der Waals surface area contributed by atoms with Gasteiger partial charge in [0.2, 0.25) is 0 Å². The summed E-state index contributed by atoms with van der Waals surface area (Å²) in [6, 6.07) is 12.8. The molecule has 0 aliphatic rings. The fraction of sp³-hybridized carbons (Fsp3) is 0.222. The summed E-state index contributed by atoms with van der Waals surface area (Å²) in [6.07, 6.45) is 13.2. The lowest BCUT2D eigenvalue weighted by atomic mass is 9.87. The molecule has 0 N–H and O–H groups in total. The molecule has 0 unspecified atom stereocenters. The summed E-state index contributed by atoms with van der Waals surface area (Å²) < 4.78 is 10.7. The van der Waals surface area contributed by atoms with Crippen LogP contribution in [0.25, 0.3) is 0 Å². The molecule has 3 heterocycles. The third kappa shape index (κ3) is 6.11. The van der Waals surface area contributed by atoms with Gasteiger partial charge in [-0.25, -0.2) is 0 Å². The van der Waals surface area contributed by atoms with Gasteiger partial charge in [0.15, 0.2) is 56.8 Å². The molecule has 0 amide bonds. The Bertz CT molecular complexity index is 1140. The molecule has 4 aromatic rings. The molecule has 0 fully saturated rings. The highest BCUT2D eigenvalue weighted by Crippen LogP contribution is 2.27. The summed E-state index contributed by atoms with van der Waals surface area (Å²) in [7, 11) is 0. The molecule has 3 aromatic heterocycles. The van der Waals surface area contributed by atoms with Crippen LogP contribution < -0.4 is 13.7 Å². The van der Waals surface area contributed by atoms with Crippen molar-refractivity contribution >= 4 is 67.8 Å². The number of rotatable bonds is 6. The number of hydrogen-bond donors (Lipinski definition) is 0. The summed E-state index contributed by atoms with van der Waals surface area (Å²) in [4.78, 5) is 0. The van der Waals surface area contributed by atoms with Crippen molar-refractivity contribution in [3.8, 4) is 0 Å². The summed E-state index contributed by atoms with van der Waals surface area (Å²) in [6.45, 7) is 9.54. The first-order valence-electron chi connectivity index (χ1n) is 10.9. The minimum Gasteiger partial charge on any atom is -0.200 e. The number of aromatic nitrogens is 3. The molecule has 0 saturated carbocycles. The van der Waals surface area contributed by atoms with E-state index >= 15 is 0 Å². The number of halogens is 3. The SMILES string of the molecule is Cc1c(C[n+]2cccc(I)c2)c(C)c(C[n+]2cccc(I)c2)c(C)c1C[n+]1cccc(I)c1. The van der Waals surface area contributed by atoms with Gasteiger partial charge in [0.25, 0.3) is 0 Å². The third-order valence-corrected chi connectivity index (χ3v) is 8.12. The lowest BCUT2D eigenvalue weighted by molar-refractivity contribution is -0.691. The van der Waals surface area contributed by atoms with Gasteiger partial charge in [-0.15, -0.1) is 0 Å². The Morgan fingerprint density at radius 2 is 0.788 bits per heavy atom. The Morgan fingerprint density at radius 3 is 1.03 bits per heavy atom. The second kappa shape index (κ2) is 11.1. The normalized spacial score (nSPS) is 11.1. The van der Waals surface area contributed by atoms with Crippen LogP contribution >= 0.6 is 67.8 Å².